The third-order valence-electron chi connectivity index (χ3n) is 2.92. The van der Waals surface area contributed by atoms with Crippen LogP contribution in [0.1, 0.15) is 34.5 Å². The van der Waals surface area contributed by atoms with Gasteiger partial charge in [0.2, 0.25) is 0 Å². The van der Waals surface area contributed by atoms with Crippen molar-refractivity contribution >= 4 is 17.3 Å². The SMILES string of the molecule is COC1CCCC1OC(=O)c1sccc1C#N. The number of methoxy groups -OCH3 is 1. The Morgan fingerprint density at radius 3 is 3.00 bits per heavy atom. The second kappa shape index (κ2) is 5.30. The molecule has 0 aromatic carbocycles. The molecule has 0 radical (unpaired) electrons. The number of carbonyl (C=O) groups is 1. The number of nitrogens with zero attached hydrogens (tertiary/aromatic N) is 1. The van der Waals surface area contributed by atoms with E-state index in [1.165, 1.54) is 11.3 Å². The van der Waals surface area contributed by atoms with E-state index in [-0.39, 0.29) is 12.2 Å². The van der Waals surface area contributed by atoms with Gasteiger partial charge in [0.15, 0.2) is 0 Å². The van der Waals surface area contributed by atoms with Gasteiger partial charge in [0.05, 0.1) is 11.7 Å². The van der Waals surface area contributed by atoms with E-state index in [2.05, 4.69) is 0 Å². The van der Waals surface area contributed by atoms with E-state index in [0.29, 0.717) is 10.4 Å². The Morgan fingerprint density at radius 1 is 1.53 bits per heavy atom. The van der Waals surface area contributed by atoms with Crippen LogP contribution in [0, 0.1) is 11.3 Å². The maximum Gasteiger partial charge on any atom is 0.350 e. The number of ether oxygens (including phenoxy) is 2. The Morgan fingerprint density at radius 2 is 2.29 bits per heavy atom. The van der Waals surface area contributed by atoms with Crippen molar-refractivity contribution in [3.63, 3.8) is 0 Å². The first kappa shape index (κ1) is 12.1. The van der Waals surface area contributed by atoms with Gasteiger partial charge in [-0.2, -0.15) is 5.26 Å². The van der Waals surface area contributed by atoms with Crippen molar-refractivity contribution < 1.29 is 14.3 Å². The first-order chi connectivity index (χ1) is 8.26. The normalized spacial score (nSPS) is 23.3. The third kappa shape index (κ3) is 2.48. The summed E-state index contributed by atoms with van der Waals surface area (Å²) in [4.78, 5) is 12.3. The molecular formula is C12H13NO3S. The molecule has 0 bridgehead atoms. The average molecular weight is 251 g/mol. The van der Waals surface area contributed by atoms with E-state index in [1.54, 1.807) is 18.6 Å². The van der Waals surface area contributed by atoms with Gasteiger partial charge >= 0.3 is 5.97 Å². The van der Waals surface area contributed by atoms with Crippen molar-refractivity contribution in [2.24, 2.45) is 0 Å². The van der Waals surface area contributed by atoms with Crippen LogP contribution in [0.25, 0.3) is 0 Å². The second-order valence-electron chi connectivity index (χ2n) is 3.92. The molecule has 5 heteroatoms. The summed E-state index contributed by atoms with van der Waals surface area (Å²) in [6.45, 7) is 0. The van der Waals surface area contributed by atoms with Gasteiger partial charge in [-0.3, -0.25) is 0 Å². The number of hydrogen-bond acceptors (Lipinski definition) is 5. The first-order valence-corrected chi connectivity index (χ1v) is 6.35. The summed E-state index contributed by atoms with van der Waals surface area (Å²) in [5, 5.41) is 10.6. The van der Waals surface area contributed by atoms with Crippen LogP contribution in [0.3, 0.4) is 0 Å². The Labute approximate surface area is 104 Å². The van der Waals surface area contributed by atoms with Crippen molar-refractivity contribution in [2.45, 2.75) is 31.5 Å². The minimum Gasteiger partial charge on any atom is -0.455 e. The Bertz CT molecular complexity index is 449. The summed E-state index contributed by atoms with van der Waals surface area (Å²) in [7, 11) is 1.63. The van der Waals surface area contributed by atoms with Crippen LogP contribution >= 0.6 is 11.3 Å². The first-order valence-electron chi connectivity index (χ1n) is 5.47. The highest BCUT2D eigenvalue weighted by molar-refractivity contribution is 7.12. The second-order valence-corrected chi connectivity index (χ2v) is 4.84. The smallest absolute Gasteiger partial charge is 0.350 e. The fourth-order valence-corrected chi connectivity index (χ4v) is 2.77. The molecule has 2 atom stereocenters. The zero-order valence-electron chi connectivity index (χ0n) is 9.51. The summed E-state index contributed by atoms with van der Waals surface area (Å²) < 4.78 is 10.7. The predicted octanol–water partition coefficient (Wildman–Crippen LogP) is 2.34. The molecule has 1 fully saturated rings. The van der Waals surface area contributed by atoms with Crippen LogP contribution < -0.4 is 0 Å². The van der Waals surface area contributed by atoms with E-state index in [1.807, 2.05) is 6.07 Å². The number of thiophene rings is 1. The van der Waals surface area contributed by atoms with Crippen LogP contribution in [0.15, 0.2) is 11.4 Å². The average Bonchev–Trinajstić information content (AvgIpc) is 2.96. The highest BCUT2D eigenvalue weighted by Gasteiger charge is 2.31. The van der Waals surface area contributed by atoms with Gasteiger partial charge in [0, 0.05) is 7.11 Å². The Kier molecular flexibility index (Phi) is 3.77. The predicted molar refractivity (Wildman–Crippen MR) is 62.9 cm³/mol. The zero-order valence-corrected chi connectivity index (χ0v) is 10.3. The molecule has 0 spiro atoms. The fraction of sp³-hybridized carbons (Fsp3) is 0.500. The molecule has 17 heavy (non-hydrogen) atoms. The summed E-state index contributed by atoms with van der Waals surface area (Å²) in [5.41, 5.74) is 0.381. The van der Waals surface area contributed by atoms with Crippen LogP contribution in [0.5, 0.6) is 0 Å². The van der Waals surface area contributed by atoms with E-state index in [9.17, 15) is 4.79 Å². The van der Waals surface area contributed by atoms with Gasteiger partial charge in [-0.05, 0) is 30.7 Å². The van der Waals surface area contributed by atoms with E-state index in [0.717, 1.165) is 19.3 Å². The molecule has 2 unspecified atom stereocenters. The van der Waals surface area contributed by atoms with Gasteiger partial charge < -0.3 is 9.47 Å². The lowest BCUT2D eigenvalue weighted by molar-refractivity contribution is -0.0203. The zero-order chi connectivity index (χ0) is 12.3. The van der Waals surface area contributed by atoms with Crippen LogP contribution in [-0.2, 0) is 9.47 Å². The Balaban J connectivity index is 2.05. The summed E-state index contributed by atoms with van der Waals surface area (Å²) in [6, 6.07) is 3.61. The molecule has 2 rings (SSSR count). The van der Waals surface area contributed by atoms with Crippen LogP contribution in [-0.4, -0.2) is 25.3 Å². The topological polar surface area (TPSA) is 59.3 Å². The molecule has 1 aliphatic rings. The largest absolute Gasteiger partial charge is 0.455 e. The minimum absolute atomic E-state index is 0.00977. The number of hydrogen-bond donors (Lipinski definition) is 0. The molecule has 1 aliphatic carbocycles. The van der Waals surface area contributed by atoms with Crippen molar-refractivity contribution in [2.75, 3.05) is 7.11 Å². The van der Waals surface area contributed by atoms with Crippen molar-refractivity contribution in [1.29, 1.82) is 5.26 Å². The highest BCUT2D eigenvalue weighted by atomic mass is 32.1. The quantitative estimate of drug-likeness (QED) is 0.774. The van der Waals surface area contributed by atoms with E-state index >= 15 is 0 Å². The van der Waals surface area contributed by atoms with Gasteiger partial charge in [0.1, 0.15) is 17.1 Å². The van der Waals surface area contributed by atoms with Crippen molar-refractivity contribution in [3.05, 3.63) is 21.9 Å². The molecule has 0 amide bonds. The van der Waals surface area contributed by atoms with Gasteiger partial charge in [-0.25, -0.2) is 4.79 Å². The lowest BCUT2D eigenvalue weighted by Gasteiger charge is -2.18. The lowest BCUT2D eigenvalue weighted by atomic mass is 10.2. The molecule has 1 aromatic rings. The van der Waals surface area contributed by atoms with Gasteiger partial charge in [0.25, 0.3) is 0 Å². The number of rotatable bonds is 3. The maximum absolute atomic E-state index is 11.9. The minimum atomic E-state index is -0.412. The molecule has 1 aromatic heterocycles. The summed E-state index contributed by atoms with van der Waals surface area (Å²) >= 11 is 1.24. The molecule has 1 heterocycles. The molecule has 0 saturated heterocycles. The van der Waals surface area contributed by atoms with E-state index < -0.39 is 5.97 Å². The van der Waals surface area contributed by atoms with Crippen molar-refractivity contribution in [3.8, 4) is 6.07 Å². The fourth-order valence-electron chi connectivity index (χ4n) is 2.04. The standard InChI is InChI=1S/C12H13NO3S/c1-15-9-3-2-4-10(9)16-12(14)11-8(7-13)5-6-17-11/h5-6,9-10H,2-4H2,1H3. The van der Waals surface area contributed by atoms with Crippen LogP contribution in [0.4, 0.5) is 0 Å². The van der Waals surface area contributed by atoms with Crippen molar-refractivity contribution in [1.82, 2.24) is 0 Å². The molecule has 4 nitrogen and oxygen atoms in total. The Hall–Kier alpha value is -1.38. The number of nitriles is 1. The third-order valence-corrected chi connectivity index (χ3v) is 3.82. The molecule has 0 N–H and O–H groups in total. The lowest BCUT2D eigenvalue weighted by Crippen LogP contribution is -2.27. The summed E-state index contributed by atoms with van der Waals surface area (Å²) in [6.07, 6.45) is 2.57. The molecule has 0 aliphatic heterocycles. The highest BCUT2D eigenvalue weighted by Crippen LogP contribution is 2.26. The summed E-state index contributed by atoms with van der Waals surface area (Å²) in [5.74, 6) is -0.412. The molecular weight excluding hydrogens is 238 g/mol. The maximum atomic E-state index is 11.9. The van der Waals surface area contributed by atoms with E-state index in [4.69, 9.17) is 14.7 Å². The molecule has 1 saturated carbocycles. The monoisotopic (exact) mass is 251 g/mol. The number of esters is 1. The van der Waals surface area contributed by atoms with Crippen LogP contribution in [0.2, 0.25) is 0 Å². The van der Waals surface area contributed by atoms with Gasteiger partial charge in [-0.15, -0.1) is 11.3 Å². The number of carbonyl (C=O) groups excluding carboxylic acids is 1. The molecule has 90 valence electrons. The van der Waals surface area contributed by atoms with Gasteiger partial charge in [-0.1, -0.05) is 0 Å².